The van der Waals surface area contributed by atoms with Crippen LogP contribution in [-0.2, 0) is 9.59 Å². The lowest BCUT2D eigenvalue weighted by atomic mass is 10.2. The van der Waals surface area contributed by atoms with Crippen molar-refractivity contribution in [2.45, 2.75) is 53.4 Å². The summed E-state index contributed by atoms with van der Waals surface area (Å²) in [6.45, 7) is 7.32. The van der Waals surface area contributed by atoms with Crippen LogP contribution in [0.5, 0.6) is 0 Å². The van der Waals surface area contributed by atoms with Crippen LogP contribution in [0.15, 0.2) is 0 Å². The SMILES string of the molecule is CC(C)C(N)=O.CCCCCC(C)=O. The van der Waals surface area contributed by atoms with E-state index in [4.69, 9.17) is 5.73 Å². The van der Waals surface area contributed by atoms with Crippen molar-refractivity contribution in [3.63, 3.8) is 0 Å². The van der Waals surface area contributed by atoms with Gasteiger partial charge in [0.05, 0.1) is 0 Å². The number of primary amides is 1. The molecule has 14 heavy (non-hydrogen) atoms. The van der Waals surface area contributed by atoms with Gasteiger partial charge in [-0.05, 0) is 13.3 Å². The third kappa shape index (κ3) is 17.3. The highest BCUT2D eigenvalue weighted by Gasteiger charge is 1.96. The Kier molecular flexibility index (Phi) is 11.4. The molecule has 3 heteroatoms. The van der Waals surface area contributed by atoms with Crippen LogP contribution in [0.3, 0.4) is 0 Å². The molecule has 0 radical (unpaired) electrons. The lowest BCUT2D eigenvalue weighted by Crippen LogP contribution is -2.17. The van der Waals surface area contributed by atoms with E-state index in [1.54, 1.807) is 20.8 Å². The second kappa shape index (κ2) is 10.2. The number of carbonyl (C=O) groups excluding carboxylic acids is 2. The van der Waals surface area contributed by atoms with Gasteiger partial charge in [-0.25, -0.2) is 0 Å². The summed E-state index contributed by atoms with van der Waals surface area (Å²) < 4.78 is 0. The molecule has 0 aromatic carbocycles. The van der Waals surface area contributed by atoms with E-state index in [0.717, 1.165) is 12.8 Å². The number of hydrogen-bond acceptors (Lipinski definition) is 2. The number of nitrogens with two attached hydrogens (primary N) is 1. The Hall–Kier alpha value is -0.860. The average molecular weight is 201 g/mol. The fourth-order valence-corrected chi connectivity index (χ4v) is 0.624. The number of amides is 1. The molecule has 84 valence electrons. The molecule has 1 amide bonds. The predicted octanol–water partition coefficient (Wildman–Crippen LogP) is 2.28. The summed E-state index contributed by atoms with van der Waals surface area (Å²) in [5.41, 5.74) is 4.80. The third-order valence-corrected chi connectivity index (χ3v) is 1.70. The van der Waals surface area contributed by atoms with Crippen molar-refractivity contribution in [3.8, 4) is 0 Å². The molecule has 0 aliphatic carbocycles. The predicted molar refractivity (Wildman–Crippen MR) is 58.9 cm³/mol. The van der Waals surface area contributed by atoms with Gasteiger partial charge in [-0.2, -0.15) is 0 Å². The molecule has 0 unspecified atom stereocenters. The maximum Gasteiger partial charge on any atom is 0.219 e. The minimum Gasteiger partial charge on any atom is -0.369 e. The summed E-state index contributed by atoms with van der Waals surface area (Å²) in [6, 6.07) is 0. The molecule has 0 aliphatic rings. The van der Waals surface area contributed by atoms with E-state index >= 15 is 0 Å². The Morgan fingerprint density at radius 2 is 1.64 bits per heavy atom. The lowest BCUT2D eigenvalue weighted by Gasteiger charge is -1.90. The van der Waals surface area contributed by atoms with E-state index in [1.807, 2.05) is 0 Å². The first-order chi connectivity index (χ1) is 6.41. The molecule has 2 N–H and O–H groups in total. The maximum atomic E-state index is 10.3. The van der Waals surface area contributed by atoms with Crippen LogP contribution in [0.25, 0.3) is 0 Å². The van der Waals surface area contributed by atoms with Crippen LogP contribution < -0.4 is 5.73 Å². The molecule has 3 nitrogen and oxygen atoms in total. The Labute approximate surface area is 87.1 Å². The van der Waals surface area contributed by atoms with E-state index in [9.17, 15) is 9.59 Å². The largest absolute Gasteiger partial charge is 0.369 e. The number of hydrogen-bond donors (Lipinski definition) is 1. The van der Waals surface area contributed by atoms with Crippen molar-refractivity contribution < 1.29 is 9.59 Å². The number of unbranched alkanes of at least 4 members (excludes halogenated alkanes) is 2. The van der Waals surface area contributed by atoms with E-state index in [0.29, 0.717) is 5.78 Å². The third-order valence-electron chi connectivity index (χ3n) is 1.70. The fourth-order valence-electron chi connectivity index (χ4n) is 0.624. The molecule has 0 aliphatic heterocycles. The second-order valence-electron chi connectivity index (χ2n) is 3.72. The van der Waals surface area contributed by atoms with Gasteiger partial charge in [0.15, 0.2) is 0 Å². The maximum absolute atomic E-state index is 10.3. The Morgan fingerprint density at radius 1 is 1.21 bits per heavy atom. The zero-order chi connectivity index (χ0) is 11.6. The number of ketones is 1. The van der Waals surface area contributed by atoms with Gasteiger partial charge < -0.3 is 10.5 Å². The van der Waals surface area contributed by atoms with Crippen LogP contribution >= 0.6 is 0 Å². The van der Waals surface area contributed by atoms with Gasteiger partial charge >= 0.3 is 0 Å². The molecule has 0 saturated carbocycles. The summed E-state index contributed by atoms with van der Waals surface area (Å²) >= 11 is 0. The number of Topliss-reactive ketones (excluding diaryl/α,β-unsaturated/α-hetero) is 1. The van der Waals surface area contributed by atoms with Gasteiger partial charge in [0, 0.05) is 12.3 Å². The average Bonchev–Trinajstić information content (AvgIpc) is 2.05. The normalized spacial score (nSPS) is 9.21. The highest BCUT2D eigenvalue weighted by Crippen LogP contribution is 1.98. The quantitative estimate of drug-likeness (QED) is 0.694. The van der Waals surface area contributed by atoms with Crippen LogP contribution in [0.1, 0.15) is 53.4 Å². The van der Waals surface area contributed by atoms with Crippen molar-refractivity contribution in [2.75, 3.05) is 0 Å². The van der Waals surface area contributed by atoms with Gasteiger partial charge in [0.2, 0.25) is 5.91 Å². The number of carbonyl (C=O) groups is 2. The van der Waals surface area contributed by atoms with Crippen molar-refractivity contribution in [1.29, 1.82) is 0 Å². The highest BCUT2D eigenvalue weighted by molar-refractivity contribution is 5.75. The zero-order valence-corrected chi connectivity index (χ0v) is 9.80. The smallest absolute Gasteiger partial charge is 0.219 e. The molecule has 0 bridgehead atoms. The summed E-state index contributed by atoms with van der Waals surface area (Å²) in [5.74, 6) is 0.0680. The molecular formula is C11H23NO2. The van der Waals surface area contributed by atoms with Crippen LogP contribution in [0, 0.1) is 5.92 Å². The molecule has 0 rings (SSSR count). The van der Waals surface area contributed by atoms with Crippen molar-refractivity contribution >= 4 is 11.7 Å². The van der Waals surface area contributed by atoms with E-state index in [-0.39, 0.29) is 11.8 Å². The second-order valence-corrected chi connectivity index (χ2v) is 3.72. The van der Waals surface area contributed by atoms with Crippen LogP contribution in [0.2, 0.25) is 0 Å². The first-order valence-corrected chi connectivity index (χ1v) is 5.20. The lowest BCUT2D eigenvalue weighted by molar-refractivity contribution is -0.120. The van der Waals surface area contributed by atoms with Crippen LogP contribution in [-0.4, -0.2) is 11.7 Å². The van der Waals surface area contributed by atoms with E-state index in [1.165, 1.54) is 12.8 Å². The summed E-state index contributed by atoms with van der Waals surface area (Å²) in [6.07, 6.45) is 4.24. The molecule has 0 heterocycles. The summed E-state index contributed by atoms with van der Waals surface area (Å²) in [4.78, 5) is 20.2. The molecule has 0 fully saturated rings. The van der Waals surface area contributed by atoms with Gasteiger partial charge in [-0.15, -0.1) is 0 Å². The van der Waals surface area contributed by atoms with Crippen molar-refractivity contribution in [2.24, 2.45) is 11.7 Å². The Balaban J connectivity index is 0. The Bertz CT molecular complexity index is 165. The van der Waals surface area contributed by atoms with Crippen molar-refractivity contribution in [1.82, 2.24) is 0 Å². The topological polar surface area (TPSA) is 60.2 Å². The van der Waals surface area contributed by atoms with Gasteiger partial charge in [0.25, 0.3) is 0 Å². The summed E-state index contributed by atoms with van der Waals surface area (Å²) in [7, 11) is 0. The van der Waals surface area contributed by atoms with E-state index < -0.39 is 0 Å². The van der Waals surface area contributed by atoms with E-state index in [2.05, 4.69) is 6.92 Å². The minimum absolute atomic E-state index is 0.00926. The Morgan fingerprint density at radius 3 is 1.86 bits per heavy atom. The fraction of sp³-hybridized carbons (Fsp3) is 0.818. The molecule has 0 aromatic rings. The van der Waals surface area contributed by atoms with Crippen LogP contribution in [0.4, 0.5) is 0 Å². The van der Waals surface area contributed by atoms with Gasteiger partial charge in [0.1, 0.15) is 5.78 Å². The van der Waals surface area contributed by atoms with Gasteiger partial charge in [-0.1, -0.05) is 33.6 Å². The molecular weight excluding hydrogens is 178 g/mol. The summed E-state index contributed by atoms with van der Waals surface area (Å²) in [5, 5.41) is 0. The first-order valence-electron chi connectivity index (χ1n) is 5.20. The monoisotopic (exact) mass is 201 g/mol. The molecule has 0 spiro atoms. The molecule has 0 saturated heterocycles. The molecule has 0 aromatic heterocycles. The highest BCUT2D eigenvalue weighted by atomic mass is 16.1. The molecule has 0 atom stereocenters. The van der Waals surface area contributed by atoms with Crippen molar-refractivity contribution in [3.05, 3.63) is 0 Å². The zero-order valence-electron chi connectivity index (χ0n) is 9.80. The van der Waals surface area contributed by atoms with Gasteiger partial charge in [-0.3, -0.25) is 4.79 Å². The number of rotatable bonds is 5. The standard InChI is InChI=1S/C7H14O.C4H9NO/c1-3-4-5-6-7(2)8;1-3(2)4(5)6/h3-6H2,1-2H3;3H,1-2H3,(H2,5,6). The minimum atomic E-state index is -0.241. The first kappa shape index (κ1) is 15.6.